The van der Waals surface area contributed by atoms with Crippen molar-refractivity contribution in [3.63, 3.8) is 0 Å². The van der Waals surface area contributed by atoms with Crippen molar-refractivity contribution >= 4 is 17.9 Å². The third kappa shape index (κ3) is 7.07. The van der Waals surface area contributed by atoms with E-state index >= 15 is 0 Å². The molecule has 1 saturated heterocycles. The van der Waals surface area contributed by atoms with E-state index in [0.717, 1.165) is 0 Å². The molecule has 7 nitrogen and oxygen atoms in total. The van der Waals surface area contributed by atoms with Crippen LogP contribution in [0.3, 0.4) is 0 Å². The third-order valence-electron chi connectivity index (χ3n) is 6.50. The molecule has 1 fully saturated rings. The summed E-state index contributed by atoms with van der Waals surface area (Å²) in [7, 11) is 1.26. The summed E-state index contributed by atoms with van der Waals surface area (Å²) in [6.45, 7) is 1.44. The SMILES string of the molecule is CC[C@@H]1C[C@H](N(Cc2cc(C(F)(F)F)cc(C(F)(F)F)c2)c2ccc(CCC(=O)OC)cn2)CN1C(=O)O. The van der Waals surface area contributed by atoms with Gasteiger partial charge in [0, 0.05) is 31.7 Å². The maximum Gasteiger partial charge on any atom is 0.416 e. The summed E-state index contributed by atoms with van der Waals surface area (Å²) in [4.78, 5) is 30.3. The molecule has 0 spiro atoms. The molecule has 208 valence electrons. The first-order valence-corrected chi connectivity index (χ1v) is 11.8. The lowest BCUT2D eigenvalue weighted by Crippen LogP contribution is -2.39. The van der Waals surface area contributed by atoms with E-state index in [1.54, 1.807) is 19.1 Å². The van der Waals surface area contributed by atoms with E-state index in [9.17, 15) is 41.0 Å². The molecule has 0 aliphatic carbocycles. The second-order valence-electron chi connectivity index (χ2n) is 9.03. The van der Waals surface area contributed by atoms with Crippen molar-refractivity contribution in [3.8, 4) is 0 Å². The van der Waals surface area contributed by atoms with Crippen LogP contribution >= 0.6 is 0 Å². The number of benzene rings is 1. The topological polar surface area (TPSA) is 83.0 Å². The second-order valence-corrected chi connectivity index (χ2v) is 9.03. The van der Waals surface area contributed by atoms with Gasteiger partial charge in [0.25, 0.3) is 0 Å². The van der Waals surface area contributed by atoms with Crippen LogP contribution in [0.2, 0.25) is 0 Å². The molecule has 1 amide bonds. The first-order chi connectivity index (χ1) is 17.7. The minimum Gasteiger partial charge on any atom is -0.469 e. The normalized spacial score (nSPS) is 17.9. The van der Waals surface area contributed by atoms with Gasteiger partial charge < -0.3 is 19.6 Å². The van der Waals surface area contributed by atoms with E-state index in [1.807, 2.05) is 0 Å². The van der Waals surface area contributed by atoms with E-state index in [0.29, 0.717) is 37.0 Å². The minimum absolute atomic E-state index is 0.00466. The van der Waals surface area contributed by atoms with Crippen LogP contribution < -0.4 is 4.90 Å². The van der Waals surface area contributed by atoms with Gasteiger partial charge in [-0.05, 0) is 54.7 Å². The Morgan fingerprint density at radius 2 is 1.71 bits per heavy atom. The van der Waals surface area contributed by atoms with Gasteiger partial charge in [-0.1, -0.05) is 13.0 Å². The van der Waals surface area contributed by atoms with Crippen molar-refractivity contribution in [2.24, 2.45) is 0 Å². The largest absolute Gasteiger partial charge is 0.469 e. The molecule has 2 atom stereocenters. The number of aryl methyl sites for hydroxylation is 1. The molecule has 1 aliphatic rings. The summed E-state index contributed by atoms with van der Waals surface area (Å²) < 4.78 is 85.2. The average molecular weight is 547 g/mol. The second kappa shape index (κ2) is 11.5. The Morgan fingerprint density at radius 3 is 2.16 bits per heavy atom. The number of carbonyl (C=O) groups excluding carboxylic acids is 1. The molecule has 38 heavy (non-hydrogen) atoms. The number of esters is 1. The Bertz CT molecular complexity index is 1110. The summed E-state index contributed by atoms with van der Waals surface area (Å²) in [5, 5.41) is 9.59. The number of halogens is 6. The fourth-order valence-corrected chi connectivity index (χ4v) is 4.53. The number of hydrogen-bond acceptors (Lipinski definition) is 5. The van der Waals surface area contributed by atoms with Gasteiger partial charge in [0.1, 0.15) is 5.82 Å². The lowest BCUT2D eigenvalue weighted by atomic mass is 10.0. The standard InChI is InChI=1S/C25H27F6N3O4/c1-3-19-11-20(14-34(19)23(36)37)33(21-6-4-15(12-32-21)5-7-22(35)38-2)13-16-8-17(24(26,27)28)10-18(9-16)25(29,30)31/h4,6,8-10,12,19-20H,3,5,7,11,13-14H2,1-2H3,(H,36,37)/t19-,20+/m1/s1. The Kier molecular flexibility index (Phi) is 8.78. The highest BCUT2D eigenvalue weighted by Crippen LogP contribution is 2.37. The molecule has 2 heterocycles. The molecule has 1 aromatic heterocycles. The summed E-state index contributed by atoms with van der Waals surface area (Å²) in [5.74, 6) is -0.170. The van der Waals surface area contributed by atoms with Gasteiger partial charge in [-0.3, -0.25) is 4.79 Å². The highest BCUT2D eigenvalue weighted by atomic mass is 19.4. The number of hydrogen-bond donors (Lipinski definition) is 1. The number of likely N-dealkylation sites (tertiary alicyclic amines) is 1. The lowest BCUT2D eigenvalue weighted by molar-refractivity contribution is -0.143. The number of amides is 1. The van der Waals surface area contributed by atoms with E-state index in [2.05, 4.69) is 9.72 Å². The molecular weight excluding hydrogens is 520 g/mol. The number of anilines is 1. The summed E-state index contributed by atoms with van der Waals surface area (Å²) in [6, 6.07) is 3.67. The van der Waals surface area contributed by atoms with Crippen molar-refractivity contribution in [1.29, 1.82) is 0 Å². The molecule has 2 aromatic rings. The highest BCUT2D eigenvalue weighted by Gasteiger charge is 2.39. The predicted molar refractivity (Wildman–Crippen MR) is 124 cm³/mol. The number of aromatic nitrogens is 1. The molecule has 0 bridgehead atoms. The Labute approximate surface area is 215 Å². The van der Waals surface area contributed by atoms with Crippen LogP contribution in [0.4, 0.5) is 37.0 Å². The van der Waals surface area contributed by atoms with Crippen LogP contribution in [-0.4, -0.2) is 52.8 Å². The van der Waals surface area contributed by atoms with Gasteiger partial charge in [0.05, 0.1) is 24.3 Å². The van der Waals surface area contributed by atoms with Gasteiger partial charge in [0.15, 0.2) is 0 Å². The fourth-order valence-electron chi connectivity index (χ4n) is 4.53. The highest BCUT2D eigenvalue weighted by molar-refractivity contribution is 5.69. The van der Waals surface area contributed by atoms with Crippen LogP contribution in [-0.2, 0) is 34.8 Å². The Balaban J connectivity index is 2.00. The molecule has 13 heteroatoms. The quantitative estimate of drug-likeness (QED) is 0.334. The smallest absolute Gasteiger partial charge is 0.416 e. The number of carbonyl (C=O) groups is 2. The maximum atomic E-state index is 13.4. The van der Waals surface area contributed by atoms with Crippen molar-refractivity contribution < 1.29 is 45.8 Å². The van der Waals surface area contributed by atoms with E-state index in [1.165, 1.54) is 23.1 Å². The van der Waals surface area contributed by atoms with Crippen LogP contribution in [0.25, 0.3) is 0 Å². The number of alkyl halides is 6. The van der Waals surface area contributed by atoms with Gasteiger partial charge in [-0.2, -0.15) is 26.3 Å². The first kappa shape index (κ1) is 29.1. The summed E-state index contributed by atoms with van der Waals surface area (Å²) in [6.07, 6.45) is -8.49. The van der Waals surface area contributed by atoms with Crippen molar-refractivity contribution in [3.05, 3.63) is 58.8 Å². The Morgan fingerprint density at radius 1 is 1.08 bits per heavy atom. The fraction of sp³-hybridized carbons (Fsp3) is 0.480. The van der Waals surface area contributed by atoms with Crippen LogP contribution in [0, 0.1) is 0 Å². The number of rotatable bonds is 8. The molecule has 0 unspecified atom stereocenters. The van der Waals surface area contributed by atoms with Gasteiger partial charge in [-0.15, -0.1) is 0 Å². The molecule has 1 aliphatic heterocycles. The summed E-state index contributed by atoms with van der Waals surface area (Å²) >= 11 is 0. The van der Waals surface area contributed by atoms with Gasteiger partial charge in [0.2, 0.25) is 0 Å². The maximum absolute atomic E-state index is 13.4. The molecule has 1 N–H and O–H groups in total. The van der Waals surface area contributed by atoms with E-state index in [4.69, 9.17) is 0 Å². The zero-order chi connectivity index (χ0) is 28.3. The third-order valence-corrected chi connectivity index (χ3v) is 6.50. The number of methoxy groups -OCH3 is 1. The monoisotopic (exact) mass is 547 g/mol. The molecule has 0 radical (unpaired) electrons. The predicted octanol–water partition coefficient (Wildman–Crippen LogP) is 5.76. The number of pyridine rings is 1. The zero-order valence-electron chi connectivity index (χ0n) is 20.6. The number of nitrogens with zero attached hydrogens (tertiary/aromatic N) is 3. The van der Waals surface area contributed by atoms with E-state index < -0.39 is 41.6 Å². The molecular formula is C25H27F6N3O4. The van der Waals surface area contributed by atoms with Crippen LogP contribution in [0.15, 0.2) is 36.5 Å². The van der Waals surface area contributed by atoms with Crippen molar-refractivity contribution in [1.82, 2.24) is 9.88 Å². The molecule has 3 rings (SSSR count). The number of ether oxygens (including phenoxy) is 1. The average Bonchev–Trinajstić information content (AvgIpc) is 3.29. The van der Waals surface area contributed by atoms with Gasteiger partial charge in [-0.25, -0.2) is 9.78 Å². The van der Waals surface area contributed by atoms with Crippen molar-refractivity contribution in [2.75, 3.05) is 18.6 Å². The lowest BCUT2D eigenvalue weighted by Gasteiger charge is -2.31. The van der Waals surface area contributed by atoms with Crippen molar-refractivity contribution in [2.45, 2.75) is 63.6 Å². The van der Waals surface area contributed by atoms with E-state index in [-0.39, 0.29) is 43.0 Å². The van der Waals surface area contributed by atoms with Crippen LogP contribution in [0.1, 0.15) is 48.4 Å². The Hall–Kier alpha value is -3.51. The molecule has 0 saturated carbocycles. The van der Waals surface area contributed by atoms with Gasteiger partial charge >= 0.3 is 24.4 Å². The zero-order valence-corrected chi connectivity index (χ0v) is 20.6. The number of carboxylic acid groups (broad SMARTS) is 1. The minimum atomic E-state index is -5.00. The van der Waals surface area contributed by atoms with Crippen LogP contribution in [0.5, 0.6) is 0 Å². The summed E-state index contributed by atoms with van der Waals surface area (Å²) in [5.41, 5.74) is -2.44. The first-order valence-electron chi connectivity index (χ1n) is 11.8. The molecule has 1 aromatic carbocycles.